The van der Waals surface area contributed by atoms with Crippen molar-refractivity contribution in [3.8, 4) is 0 Å². The van der Waals surface area contributed by atoms with Gasteiger partial charge in [-0.25, -0.2) is 9.78 Å². The molecule has 0 radical (unpaired) electrons. The zero-order chi connectivity index (χ0) is 11.3. The number of rotatable bonds is 4. The summed E-state index contributed by atoms with van der Waals surface area (Å²) in [4.78, 5) is 26.5. The monoisotopic (exact) mass is 292 g/mol. The maximum atomic E-state index is 11.2. The third kappa shape index (κ3) is 3.60. The van der Waals surface area contributed by atoms with Gasteiger partial charge in [0.1, 0.15) is 4.88 Å². The second kappa shape index (κ2) is 5.82. The van der Waals surface area contributed by atoms with Crippen molar-refractivity contribution >= 4 is 44.3 Å². The van der Waals surface area contributed by atoms with Crippen LogP contribution in [0.3, 0.4) is 0 Å². The zero-order valence-corrected chi connectivity index (χ0v) is 10.4. The molecule has 1 rings (SSSR count). The molecule has 0 saturated carbocycles. The van der Waals surface area contributed by atoms with Gasteiger partial charge in [0.25, 0.3) is 0 Å². The molecule has 5 nitrogen and oxygen atoms in total. The maximum Gasteiger partial charge on any atom is 0.350 e. The number of alkyl halides is 1. The Morgan fingerprint density at radius 2 is 2.40 bits per heavy atom. The van der Waals surface area contributed by atoms with Crippen LogP contribution in [0.5, 0.6) is 0 Å². The van der Waals surface area contributed by atoms with E-state index < -0.39 is 5.97 Å². The average molecular weight is 293 g/mol. The predicted molar refractivity (Wildman–Crippen MR) is 60.5 cm³/mol. The summed E-state index contributed by atoms with van der Waals surface area (Å²) in [6, 6.07) is 0. The molecule has 0 aliphatic carbocycles. The molecule has 0 bridgehead atoms. The van der Waals surface area contributed by atoms with Crippen LogP contribution in [-0.4, -0.2) is 28.8 Å². The van der Waals surface area contributed by atoms with E-state index in [2.05, 4.69) is 26.2 Å². The Bertz CT molecular complexity index is 367. The van der Waals surface area contributed by atoms with E-state index in [0.717, 1.165) is 11.3 Å². The minimum Gasteiger partial charge on any atom is -0.462 e. The number of halogens is 1. The van der Waals surface area contributed by atoms with E-state index in [1.807, 2.05) is 0 Å². The highest BCUT2D eigenvalue weighted by molar-refractivity contribution is 9.09. The molecule has 15 heavy (non-hydrogen) atoms. The molecule has 1 aromatic rings. The Labute approximate surface area is 99.0 Å². The summed E-state index contributed by atoms with van der Waals surface area (Å²) < 4.78 is 4.78. The van der Waals surface area contributed by atoms with Crippen LogP contribution in [0, 0.1) is 0 Å². The second-order valence-corrected chi connectivity index (χ2v) is 4.02. The number of carbonyl (C=O) groups is 2. The number of anilines is 1. The third-order valence-corrected chi connectivity index (χ3v) is 2.75. The van der Waals surface area contributed by atoms with Crippen LogP contribution in [0.1, 0.15) is 16.6 Å². The molecule has 0 unspecified atom stereocenters. The lowest BCUT2D eigenvalue weighted by molar-refractivity contribution is -0.113. The van der Waals surface area contributed by atoms with Crippen LogP contribution in [0.4, 0.5) is 5.13 Å². The number of carbonyl (C=O) groups excluding carboxylic acids is 2. The Morgan fingerprint density at radius 3 is 3.00 bits per heavy atom. The number of nitrogens with one attached hydrogen (secondary N) is 1. The van der Waals surface area contributed by atoms with E-state index in [4.69, 9.17) is 4.74 Å². The smallest absolute Gasteiger partial charge is 0.350 e. The minimum absolute atomic E-state index is 0.196. The quantitative estimate of drug-likeness (QED) is 0.677. The Kier molecular flexibility index (Phi) is 4.70. The average Bonchev–Trinajstić information content (AvgIpc) is 2.66. The molecule has 1 N–H and O–H groups in total. The van der Waals surface area contributed by atoms with Gasteiger partial charge < -0.3 is 10.1 Å². The number of ether oxygens (including phenoxy) is 1. The molecule has 1 aromatic heterocycles. The summed E-state index contributed by atoms with van der Waals surface area (Å²) in [7, 11) is 0. The minimum atomic E-state index is -0.422. The summed E-state index contributed by atoms with van der Waals surface area (Å²) in [6.07, 6.45) is 1.38. The molecule has 1 heterocycles. The highest BCUT2D eigenvalue weighted by Gasteiger charge is 2.12. The number of esters is 1. The van der Waals surface area contributed by atoms with E-state index >= 15 is 0 Å². The van der Waals surface area contributed by atoms with Gasteiger partial charge in [-0.2, -0.15) is 0 Å². The molecule has 0 aromatic carbocycles. The SMILES string of the molecule is CCOC(=O)c1cnc(NC(=O)CBr)s1. The van der Waals surface area contributed by atoms with E-state index in [0.29, 0.717) is 16.6 Å². The van der Waals surface area contributed by atoms with Crippen LogP contribution in [0.2, 0.25) is 0 Å². The van der Waals surface area contributed by atoms with Crippen LogP contribution >= 0.6 is 27.3 Å². The van der Waals surface area contributed by atoms with Crippen molar-refractivity contribution in [1.82, 2.24) is 4.98 Å². The summed E-state index contributed by atoms with van der Waals surface area (Å²) >= 11 is 4.09. The second-order valence-electron chi connectivity index (χ2n) is 2.43. The van der Waals surface area contributed by atoms with Crippen LogP contribution in [0.25, 0.3) is 0 Å². The Hall–Kier alpha value is -0.950. The maximum absolute atomic E-state index is 11.2. The van der Waals surface area contributed by atoms with Gasteiger partial charge in [0, 0.05) is 0 Å². The first-order valence-electron chi connectivity index (χ1n) is 4.16. The normalized spacial score (nSPS) is 9.73. The van der Waals surface area contributed by atoms with Gasteiger partial charge in [-0.05, 0) is 6.92 Å². The van der Waals surface area contributed by atoms with E-state index in [-0.39, 0.29) is 11.2 Å². The number of aromatic nitrogens is 1. The lowest BCUT2D eigenvalue weighted by atomic mass is 10.6. The van der Waals surface area contributed by atoms with Crippen molar-refractivity contribution in [3.63, 3.8) is 0 Å². The van der Waals surface area contributed by atoms with Gasteiger partial charge in [-0.15, -0.1) is 0 Å². The number of hydrogen-bond donors (Lipinski definition) is 1. The molecule has 0 aliphatic rings. The van der Waals surface area contributed by atoms with Gasteiger partial charge in [-0.1, -0.05) is 27.3 Å². The van der Waals surface area contributed by atoms with Crippen LogP contribution in [-0.2, 0) is 9.53 Å². The topological polar surface area (TPSA) is 68.3 Å². The van der Waals surface area contributed by atoms with Crippen LogP contribution in [0.15, 0.2) is 6.20 Å². The van der Waals surface area contributed by atoms with Crippen molar-refractivity contribution < 1.29 is 14.3 Å². The van der Waals surface area contributed by atoms with Crippen LogP contribution < -0.4 is 5.32 Å². The number of nitrogens with zero attached hydrogens (tertiary/aromatic N) is 1. The van der Waals surface area contributed by atoms with Crippen molar-refractivity contribution in [2.24, 2.45) is 0 Å². The van der Waals surface area contributed by atoms with E-state index in [1.165, 1.54) is 6.20 Å². The van der Waals surface area contributed by atoms with E-state index in [1.54, 1.807) is 6.92 Å². The summed E-state index contributed by atoms with van der Waals surface area (Å²) in [5.74, 6) is -0.630. The molecule has 0 saturated heterocycles. The first-order valence-corrected chi connectivity index (χ1v) is 6.10. The standard InChI is InChI=1S/C8H9BrN2O3S/c1-2-14-7(13)5-4-10-8(15-5)11-6(12)3-9/h4H,2-3H2,1H3,(H,10,11,12). The predicted octanol–water partition coefficient (Wildman–Crippen LogP) is 1.65. The highest BCUT2D eigenvalue weighted by atomic mass is 79.9. The Balaban J connectivity index is 2.63. The summed E-state index contributed by atoms with van der Waals surface area (Å²) in [6.45, 7) is 2.05. The molecule has 0 aliphatic heterocycles. The fraction of sp³-hybridized carbons (Fsp3) is 0.375. The largest absolute Gasteiger partial charge is 0.462 e. The molecule has 82 valence electrons. The van der Waals surface area contributed by atoms with Gasteiger partial charge >= 0.3 is 5.97 Å². The lowest BCUT2D eigenvalue weighted by Crippen LogP contribution is -2.11. The fourth-order valence-electron chi connectivity index (χ4n) is 0.781. The number of hydrogen-bond acceptors (Lipinski definition) is 5. The van der Waals surface area contributed by atoms with Gasteiger partial charge in [0.15, 0.2) is 5.13 Å². The molecule has 0 spiro atoms. The van der Waals surface area contributed by atoms with Crippen molar-refractivity contribution in [3.05, 3.63) is 11.1 Å². The molecular weight excluding hydrogens is 284 g/mol. The molecule has 1 amide bonds. The molecule has 7 heteroatoms. The third-order valence-electron chi connectivity index (χ3n) is 1.35. The van der Waals surface area contributed by atoms with Crippen molar-refractivity contribution in [2.45, 2.75) is 6.92 Å². The molecular formula is C8H9BrN2O3S. The van der Waals surface area contributed by atoms with Gasteiger partial charge in [0.05, 0.1) is 18.1 Å². The van der Waals surface area contributed by atoms with E-state index in [9.17, 15) is 9.59 Å². The van der Waals surface area contributed by atoms with Crippen molar-refractivity contribution in [2.75, 3.05) is 17.3 Å². The lowest BCUT2D eigenvalue weighted by Gasteiger charge is -1.96. The van der Waals surface area contributed by atoms with Gasteiger partial charge in [0.2, 0.25) is 5.91 Å². The highest BCUT2D eigenvalue weighted by Crippen LogP contribution is 2.18. The van der Waals surface area contributed by atoms with Gasteiger partial charge in [-0.3, -0.25) is 4.79 Å². The number of amides is 1. The van der Waals surface area contributed by atoms with Crippen molar-refractivity contribution in [1.29, 1.82) is 0 Å². The first kappa shape index (κ1) is 12.1. The number of thiazole rings is 1. The zero-order valence-electron chi connectivity index (χ0n) is 7.95. The molecule has 0 fully saturated rings. The first-order chi connectivity index (χ1) is 7.17. The molecule has 0 atom stereocenters. The summed E-state index contributed by atoms with van der Waals surface area (Å²) in [5, 5.41) is 3.11. The fourth-order valence-corrected chi connectivity index (χ4v) is 1.65. The summed E-state index contributed by atoms with van der Waals surface area (Å²) in [5.41, 5.74) is 0. The Morgan fingerprint density at radius 1 is 1.67 bits per heavy atom.